The molecule has 0 spiro atoms. The third kappa shape index (κ3) is 6.31. The van der Waals surface area contributed by atoms with Crippen molar-refractivity contribution in [1.82, 2.24) is 10.2 Å². The van der Waals surface area contributed by atoms with E-state index >= 15 is 0 Å². The van der Waals surface area contributed by atoms with Gasteiger partial charge in [0.15, 0.2) is 0 Å². The zero-order valence-corrected chi connectivity index (χ0v) is 8.39. The average Bonchev–Trinajstić information content (AvgIpc) is 2.05. The molecule has 0 aromatic rings. The Balaban J connectivity index is 3.45. The molecular weight excluding hydrogens is 152 g/mol. The summed E-state index contributed by atoms with van der Waals surface area (Å²) in [7, 11) is 0. The van der Waals surface area contributed by atoms with Crippen molar-refractivity contribution in [2.24, 2.45) is 0 Å². The highest BCUT2D eigenvalue weighted by atomic mass is 16.1. The first-order valence-corrected chi connectivity index (χ1v) is 4.63. The SMILES string of the molecule is CCNCN(CC)CCC(C)=O. The van der Waals surface area contributed by atoms with E-state index < -0.39 is 0 Å². The molecule has 0 fully saturated rings. The van der Waals surface area contributed by atoms with Crippen LogP contribution >= 0.6 is 0 Å². The van der Waals surface area contributed by atoms with Gasteiger partial charge in [-0.05, 0) is 20.0 Å². The van der Waals surface area contributed by atoms with Crippen molar-refractivity contribution in [3.8, 4) is 0 Å². The molecule has 12 heavy (non-hydrogen) atoms. The molecule has 0 aliphatic carbocycles. The van der Waals surface area contributed by atoms with E-state index in [4.69, 9.17) is 0 Å². The minimum Gasteiger partial charge on any atom is -0.305 e. The van der Waals surface area contributed by atoms with Crippen molar-refractivity contribution in [3.05, 3.63) is 0 Å². The third-order valence-corrected chi connectivity index (χ3v) is 1.81. The summed E-state index contributed by atoms with van der Waals surface area (Å²) in [5.74, 6) is 0.268. The van der Waals surface area contributed by atoms with Crippen molar-refractivity contribution >= 4 is 5.78 Å². The second kappa shape index (κ2) is 7.25. The largest absolute Gasteiger partial charge is 0.305 e. The van der Waals surface area contributed by atoms with Gasteiger partial charge in [0.25, 0.3) is 0 Å². The first-order chi connectivity index (χ1) is 5.70. The van der Waals surface area contributed by atoms with Crippen molar-refractivity contribution in [2.75, 3.05) is 26.3 Å². The molecule has 72 valence electrons. The summed E-state index contributed by atoms with van der Waals surface area (Å²) in [6.45, 7) is 9.58. The number of Topliss-reactive ketones (excluding diaryl/α,β-unsaturated/α-hetero) is 1. The summed E-state index contributed by atoms with van der Waals surface area (Å²) in [6, 6.07) is 0. The van der Waals surface area contributed by atoms with Gasteiger partial charge in [-0.2, -0.15) is 0 Å². The lowest BCUT2D eigenvalue weighted by molar-refractivity contribution is -0.117. The Morgan fingerprint density at radius 3 is 2.50 bits per heavy atom. The topological polar surface area (TPSA) is 32.3 Å². The molecule has 0 aliphatic heterocycles. The highest BCUT2D eigenvalue weighted by molar-refractivity contribution is 5.75. The Labute approximate surface area is 75.1 Å². The van der Waals surface area contributed by atoms with Crippen molar-refractivity contribution in [3.63, 3.8) is 0 Å². The zero-order valence-electron chi connectivity index (χ0n) is 8.39. The van der Waals surface area contributed by atoms with Crippen molar-refractivity contribution < 1.29 is 4.79 Å². The van der Waals surface area contributed by atoms with Crippen LogP contribution < -0.4 is 5.32 Å². The minimum absolute atomic E-state index is 0.268. The van der Waals surface area contributed by atoms with Crippen LogP contribution in [-0.2, 0) is 4.79 Å². The van der Waals surface area contributed by atoms with Gasteiger partial charge in [0.05, 0.1) is 0 Å². The number of nitrogens with zero attached hydrogens (tertiary/aromatic N) is 1. The zero-order chi connectivity index (χ0) is 9.40. The maximum atomic E-state index is 10.7. The number of ketones is 1. The lowest BCUT2D eigenvalue weighted by Crippen LogP contribution is -2.35. The monoisotopic (exact) mass is 172 g/mol. The Morgan fingerprint density at radius 1 is 1.42 bits per heavy atom. The van der Waals surface area contributed by atoms with Crippen LogP contribution in [0.4, 0.5) is 0 Å². The molecule has 3 nitrogen and oxygen atoms in total. The molecule has 3 heteroatoms. The van der Waals surface area contributed by atoms with Gasteiger partial charge in [-0.3, -0.25) is 9.69 Å². The van der Waals surface area contributed by atoms with E-state index in [-0.39, 0.29) is 5.78 Å². The van der Waals surface area contributed by atoms with E-state index in [0.29, 0.717) is 6.42 Å². The van der Waals surface area contributed by atoms with Crippen LogP contribution in [0.3, 0.4) is 0 Å². The predicted octanol–water partition coefficient (Wildman–Crippen LogP) is 0.854. The summed E-state index contributed by atoms with van der Waals surface area (Å²) in [4.78, 5) is 12.9. The molecule has 0 amide bonds. The van der Waals surface area contributed by atoms with E-state index in [9.17, 15) is 4.79 Å². The fourth-order valence-electron chi connectivity index (χ4n) is 0.934. The normalized spacial score (nSPS) is 10.7. The maximum absolute atomic E-state index is 10.7. The number of carbonyl (C=O) groups excluding carboxylic acids is 1. The Morgan fingerprint density at radius 2 is 2.08 bits per heavy atom. The van der Waals surface area contributed by atoms with Gasteiger partial charge < -0.3 is 5.32 Å². The van der Waals surface area contributed by atoms with E-state index in [1.807, 2.05) is 0 Å². The number of rotatable bonds is 7. The van der Waals surface area contributed by atoms with E-state index in [1.165, 1.54) is 0 Å². The number of hydrogen-bond acceptors (Lipinski definition) is 3. The van der Waals surface area contributed by atoms with Crippen LogP contribution in [0.1, 0.15) is 27.2 Å². The molecule has 0 unspecified atom stereocenters. The summed E-state index contributed by atoms with van der Waals surface area (Å²) in [6.07, 6.45) is 0.666. The average molecular weight is 172 g/mol. The fourth-order valence-corrected chi connectivity index (χ4v) is 0.934. The molecule has 0 aromatic carbocycles. The highest BCUT2D eigenvalue weighted by Crippen LogP contribution is 1.89. The Bertz CT molecular complexity index is 126. The van der Waals surface area contributed by atoms with Gasteiger partial charge in [-0.15, -0.1) is 0 Å². The first kappa shape index (κ1) is 11.6. The molecule has 0 saturated carbocycles. The molecular formula is C9H20N2O. The standard InChI is InChI=1S/C9H20N2O/c1-4-10-8-11(5-2)7-6-9(3)12/h10H,4-8H2,1-3H3. The van der Waals surface area contributed by atoms with E-state index in [1.54, 1.807) is 6.92 Å². The number of hydrogen-bond donors (Lipinski definition) is 1. The molecule has 0 saturated heterocycles. The Hall–Kier alpha value is -0.410. The molecule has 0 rings (SSSR count). The summed E-state index contributed by atoms with van der Waals surface area (Å²) >= 11 is 0. The predicted molar refractivity (Wildman–Crippen MR) is 51.1 cm³/mol. The summed E-state index contributed by atoms with van der Waals surface area (Å²) in [5, 5.41) is 3.24. The van der Waals surface area contributed by atoms with Gasteiger partial charge in [-0.25, -0.2) is 0 Å². The summed E-state index contributed by atoms with van der Waals surface area (Å²) in [5.41, 5.74) is 0. The molecule has 1 N–H and O–H groups in total. The van der Waals surface area contributed by atoms with Crippen molar-refractivity contribution in [1.29, 1.82) is 0 Å². The van der Waals surface area contributed by atoms with Crippen LogP contribution in [0.5, 0.6) is 0 Å². The quantitative estimate of drug-likeness (QED) is 0.578. The molecule has 0 radical (unpaired) electrons. The third-order valence-electron chi connectivity index (χ3n) is 1.81. The summed E-state index contributed by atoms with van der Waals surface area (Å²) < 4.78 is 0. The fraction of sp³-hybridized carbons (Fsp3) is 0.889. The van der Waals surface area contributed by atoms with Crippen molar-refractivity contribution in [2.45, 2.75) is 27.2 Å². The first-order valence-electron chi connectivity index (χ1n) is 4.63. The van der Waals surface area contributed by atoms with Crippen LogP contribution in [0.15, 0.2) is 0 Å². The van der Waals surface area contributed by atoms with Gasteiger partial charge in [0, 0.05) is 19.6 Å². The van der Waals surface area contributed by atoms with Gasteiger partial charge in [0.2, 0.25) is 0 Å². The van der Waals surface area contributed by atoms with Crippen LogP contribution in [0.25, 0.3) is 0 Å². The van der Waals surface area contributed by atoms with Gasteiger partial charge >= 0.3 is 0 Å². The lowest BCUT2D eigenvalue weighted by atomic mass is 10.3. The van der Waals surface area contributed by atoms with Crippen LogP contribution in [0, 0.1) is 0 Å². The van der Waals surface area contributed by atoms with Crippen LogP contribution in [-0.4, -0.2) is 37.0 Å². The smallest absolute Gasteiger partial charge is 0.131 e. The second-order valence-corrected chi connectivity index (χ2v) is 2.92. The molecule has 0 atom stereocenters. The lowest BCUT2D eigenvalue weighted by Gasteiger charge is -2.19. The van der Waals surface area contributed by atoms with E-state index in [0.717, 1.165) is 26.3 Å². The molecule has 0 aliphatic rings. The maximum Gasteiger partial charge on any atom is 0.131 e. The minimum atomic E-state index is 0.268. The number of carbonyl (C=O) groups is 1. The van der Waals surface area contributed by atoms with E-state index in [2.05, 4.69) is 24.1 Å². The molecule has 0 heterocycles. The van der Waals surface area contributed by atoms with Gasteiger partial charge in [0.1, 0.15) is 5.78 Å². The Kier molecular flexibility index (Phi) is 7.00. The second-order valence-electron chi connectivity index (χ2n) is 2.92. The van der Waals surface area contributed by atoms with Gasteiger partial charge in [-0.1, -0.05) is 13.8 Å². The molecule has 0 aromatic heterocycles. The van der Waals surface area contributed by atoms with Crippen LogP contribution in [0.2, 0.25) is 0 Å². The number of nitrogens with one attached hydrogen (secondary N) is 1. The molecule has 0 bridgehead atoms. The highest BCUT2D eigenvalue weighted by Gasteiger charge is 2.01.